The Labute approximate surface area is 127 Å². The van der Waals surface area contributed by atoms with Crippen LogP contribution in [0.15, 0.2) is 42.5 Å². The van der Waals surface area contributed by atoms with E-state index in [1.54, 1.807) is 42.5 Å². The van der Waals surface area contributed by atoms with Gasteiger partial charge in [0, 0.05) is 5.02 Å². The molecule has 110 valence electrons. The lowest BCUT2D eigenvalue weighted by molar-refractivity contribution is 0.204. The molecule has 0 saturated heterocycles. The molecule has 0 heterocycles. The second kappa shape index (κ2) is 6.37. The van der Waals surface area contributed by atoms with Crippen LogP contribution in [0, 0.1) is 0 Å². The summed E-state index contributed by atoms with van der Waals surface area (Å²) in [5, 5.41) is 10.0. The van der Waals surface area contributed by atoms with E-state index in [-0.39, 0.29) is 0 Å². The molecule has 6 heteroatoms. The summed E-state index contributed by atoms with van der Waals surface area (Å²) in [4.78, 5) is 12.8. The van der Waals surface area contributed by atoms with Crippen LogP contribution in [0.2, 0.25) is 5.02 Å². The number of rotatable bonds is 4. The molecule has 0 bridgehead atoms. The highest BCUT2D eigenvalue weighted by Crippen LogP contribution is 2.41. The monoisotopic (exact) mass is 307 g/mol. The number of halogens is 1. The van der Waals surface area contributed by atoms with Crippen LogP contribution in [-0.4, -0.2) is 25.4 Å². The molecule has 2 aromatic rings. The number of hydrogen-bond donors (Lipinski definition) is 1. The van der Waals surface area contributed by atoms with Crippen molar-refractivity contribution in [2.75, 3.05) is 19.1 Å². The first-order valence-electron chi connectivity index (χ1n) is 6.08. The first-order chi connectivity index (χ1) is 10.1. The van der Waals surface area contributed by atoms with Gasteiger partial charge < -0.3 is 14.6 Å². The van der Waals surface area contributed by atoms with Crippen molar-refractivity contribution < 1.29 is 19.4 Å². The first kappa shape index (κ1) is 15.0. The topological polar surface area (TPSA) is 59.0 Å². The molecule has 0 fully saturated rings. The van der Waals surface area contributed by atoms with E-state index in [1.165, 1.54) is 14.2 Å². The van der Waals surface area contributed by atoms with E-state index < -0.39 is 6.09 Å². The van der Waals surface area contributed by atoms with Crippen molar-refractivity contribution in [2.45, 2.75) is 0 Å². The molecule has 1 amide bonds. The summed E-state index contributed by atoms with van der Waals surface area (Å²) in [6.07, 6.45) is -1.17. The van der Waals surface area contributed by atoms with Gasteiger partial charge in [-0.3, -0.25) is 0 Å². The molecule has 0 unspecified atom stereocenters. The number of ether oxygens (including phenoxy) is 2. The van der Waals surface area contributed by atoms with Gasteiger partial charge in [-0.05, 0) is 30.3 Å². The summed E-state index contributed by atoms with van der Waals surface area (Å²) < 4.78 is 10.5. The molecule has 0 aromatic heterocycles. The fraction of sp³-hybridized carbons (Fsp3) is 0.133. The molecule has 0 aliphatic rings. The van der Waals surface area contributed by atoms with E-state index in [1.807, 2.05) is 0 Å². The Kier molecular flexibility index (Phi) is 4.55. The van der Waals surface area contributed by atoms with Crippen LogP contribution in [0.5, 0.6) is 11.5 Å². The average molecular weight is 308 g/mol. The summed E-state index contributed by atoms with van der Waals surface area (Å²) in [7, 11) is 2.94. The SMILES string of the molecule is COc1cccc(OC)c1N(C(=O)O)c1cccc(Cl)c1. The van der Waals surface area contributed by atoms with Crippen molar-refractivity contribution in [3.05, 3.63) is 47.5 Å². The number of carboxylic acid groups (broad SMARTS) is 1. The quantitative estimate of drug-likeness (QED) is 0.921. The predicted molar refractivity (Wildman–Crippen MR) is 81.2 cm³/mol. The Bertz CT molecular complexity index is 638. The first-order valence-corrected chi connectivity index (χ1v) is 6.46. The zero-order chi connectivity index (χ0) is 15.4. The highest BCUT2D eigenvalue weighted by molar-refractivity contribution is 6.31. The number of carbonyl (C=O) groups is 1. The highest BCUT2D eigenvalue weighted by Gasteiger charge is 2.25. The van der Waals surface area contributed by atoms with Gasteiger partial charge in [-0.25, -0.2) is 9.69 Å². The summed E-state index contributed by atoms with van der Waals surface area (Å²) in [5.41, 5.74) is 0.704. The predicted octanol–water partition coefficient (Wildman–Crippen LogP) is 4.17. The Balaban J connectivity index is 2.66. The van der Waals surface area contributed by atoms with E-state index in [0.29, 0.717) is 27.9 Å². The van der Waals surface area contributed by atoms with Crippen LogP contribution in [0.3, 0.4) is 0 Å². The average Bonchev–Trinajstić information content (AvgIpc) is 2.47. The van der Waals surface area contributed by atoms with Crippen molar-refractivity contribution in [1.29, 1.82) is 0 Å². The zero-order valence-corrected chi connectivity index (χ0v) is 12.3. The van der Waals surface area contributed by atoms with Gasteiger partial charge in [0.25, 0.3) is 0 Å². The van der Waals surface area contributed by atoms with E-state index >= 15 is 0 Å². The van der Waals surface area contributed by atoms with E-state index in [2.05, 4.69) is 0 Å². The molecule has 0 radical (unpaired) electrons. The van der Waals surface area contributed by atoms with Crippen LogP contribution in [-0.2, 0) is 0 Å². The van der Waals surface area contributed by atoms with Crippen LogP contribution in [0.25, 0.3) is 0 Å². The summed E-state index contributed by atoms with van der Waals surface area (Å²) >= 11 is 5.95. The number of benzene rings is 2. The normalized spacial score (nSPS) is 10.0. The Morgan fingerprint density at radius 2 is 1.67 bits per heavy atom. The summed E-state index contributed by atoms with van der Waals surface area (Å²) in [5.74, 6) is 0.772. The maximum absolute atomic E-state index is 11.7. The lowest BCUT2D eigenvalue weighted by Gasteiger charge is -2.23. The standard InChI is InChI=1S/C15H14ClNO4/c1-20-12-7-4-8-13(21-2)14(12)17(15(18)19)11-6-3-5-10(16)9-11/h3-9H,1-2H3,(H,18,19). The van der Waals surface area contributed by atoms with E-state index in [9.17, 15) is 9.90 Å². The maximum atomic E-state index is 11.7. The van der Waals surface area contributed by atoms with Crippen LogP contribution in [0.1, 0.15) is 0 Å². The number of para-hydroxylation sites is 1. The van der Waals surface area contributed by atoms with Gasteiger partial charge in [-0.2, -0.15) is 0 Å². The fourth-order valence-electron chi connectivity index (χ4n) is 2.00. The van der Waals surface area contributed by atoms with E-state index in [0.717, 1.165) is 4.90 Å². The van der Waals surface area contributed by atoms with Crippen LogP contribution < -0.4 is 14.4 Å². The zero-order valence-electron chi connectivity index (χ0n) is 11.5. The van der Waals surface area contributed by atoms with Crippen molar-refractivity contribution in [1.82, 2.24) is 0 Å². The maximum Gasteiger partial charge on any atom is 0.416 e. The van der Waals surface area contributed by atoms with Crippen LogP contribution in [0.4, 0.5) is 16.2 Å². The molecule has 0 aliphatic heterocycles. The fourth-order valence-corrected chi connectivity index (χ4v) is 2.19. The molecule has 0 saturated carbocycles. The molecular formula is C15H14ClNO4. The molecule has 0 spiro atoms. The molecule has 0 aliphatic carbocycles. The number of methoxy groups -OCH3 is 2. The third-order valence-corrected chi connectivity index (χ3v) is 3.12. The third kappa shape index (κ3) is 3.03. The summed E-state index contributed by atoms with van der Waals surface area (Å²) in [6.45, 7) is 0. The van der Waals surface area contributed by atoms with E-state index in [4.69, 9.17) is 21.1 Å². The second-order valence-electron chi connectivity index (χ2n) is 4.11. The van der Waals surface area contributed by atoms with Crippen molar-refractivity contribution in [2.24, 2.45) is 0 Å². The number of nitrogens with zero attached hydrogens (tertiary/aromatic N) is 1. The molecule has 2 aromatic carbocycles. The van der Waals surface area contributed by atoms with Gasteiger partial charge in [0.15, 0.2) is 0 Å². The van der Waals surface area contributed by atoms with Gasteiger partial charge in [-0.1, -0.05) is 23.7 Å². The number of amides is 1. The Morgan fingerprint density at radius 3 is 2.14 bits per heavy atom. The largest absolute Gasteiger partial charge is 0.494 e. The van der Waals surface area contributed by atoms with Gasteiger partial charge in [0.2, 0.25) is 0 Å². The minimum absolute atomic E-state index is 0.303. The number of hydrogen-bond acceptors (Lipinski definition) is 3. The lowest BCUT2D eigenvalue weighted by Crippen LogP contribution is -2.24. The summed E-state index contributed by atoms with van der Waals surface area (Å²) in [6, 6.07) is 11.6. The molecule has 5 nitrogen and oxygen atoms in total. The van der Waals surface area contributed by atoms with Crippen molar-refractivity contribution in [3.8, 4) is 11.5 Å². The second-order valence-corrected chi connectivity index (χ2v) is 4.55. The van der Waals surface area contributed by atoms with Gasteiger partial charge in [-0.15, -0.1) is 0 Å². The minimum atomic E-state index is -1.17. The molecular weight excluding hydrogens is 294 g/mol. The minimum Gasteiger partial charge on any atom is -0.494 e. The Morgan fingerprint density at radius 1 is 1.10 bits per heavy atom. The number of anilines is 2. The molecule has 2 rings (SSSR count). The van der Waals surface area contributed by atoms with Gasteiger partial charge >= 0.3 is 6.09 Å². The van der Waals surface area contributed by atoms with Crippen molar-refractivity contribution in [3.63, 3.8) is 0 Å². The Hall–Kier alpha value is -2.40. The molecule has 0 atom stereocenters. The smallest absolute Gasteiger partial charge is 0.416 e. The molecule has 21 heavy (non-hydrogen) atoms. The van der Waals surface area contributed by atoms with Gasteiger partial charge in [0.05, 0.1) is 19.9 Å². The van der Waals surface area contributed by atoms with Crippen molar-refractivity contribution >= 4 is 29.1 Å². The molecule has 1 N–H and O–H groups in total. The van der Waals surface area contributed by atoms with Gasteiger partial charge in [0.1, 0.15) is 17.2 Å². The third-order valence-electron chi connectivity index (χ3n) is 2.88. The lowest BCUT2D eigenvalue weighted by atomic mass is 10.2. The highest BCUT2D eigenvalue weighted by atomic mass is 35.5. The van der Waals surface area contributed by atoms with Crippen LogP contribution >= 0.6 is 11.6 Å².